The second-order valence-corrected chi connectivity index (χ2v) is 3.29. The second-order valence-electron chi connectivity index (χ2n) is 3.29. The molecule has 0 atom stereocenters. The SMILES string of the molecule is NCc1coc(-c2c(F)c(F)c(F)c(F)c2F)n1. The van der Waals surface area contributed by atoms with Crippen LogP contribution in [0.5, 0.6) is 0 Å². The van der Waals surface area contributed by atoms with Crippen molar-refractivity contribution < 1.29 is 26.4 Å². The lowest BCUT2D eigenvalue weighted by molar-refractivity contribution is 0.378. The quantitative estimate of drug-likeness (QED) is 0.515. The number of nitrogens with zero attached hydrogens (tertiary/aromatic N) is 1. The largest absolute Gasteiger partial charge is 0.444 e. The van der Waals surface area contributed by atoms with Crippen LogP contribution in [-0.2, 0) is 6.54 Å². The van der Waals surface area contributed by atoms with Gasteiger partial charge in [0.1, 0.15) is 11.8 Å². The van der Waals surface area contributed by atoms with Crippen molar-refractivity contribution in [2.45, 2.75) is 6.54 Å². The third-order valence-electron chi connectivity index (χ3n) is 2.18. The highest BCUT2D eigenvalue weighted by molar-refractivity contribution is 5.56. The molecule has 1 aromatic heterocycles. The molecule has 0 radical (unpaired) electrons. The fraction of sp³-hybridized carbons (Fsp3) is 0.100. The van der Waals surface area contributed by atoms with Crippen LogP contribution in [0.15, 0.2) is 10.7 Å². The van der Waals surface area contributed by atoms with Crippen LogP contribution in [0.4, 0.5) is 22.0 Å². The Morgan fingerprint density at radius 1 is 0.944 bits per heavy atom. The van der Waals surface area contributed by atoms with Crippen molar-refractivity contribution in [1.82, 2.24) is 4.98 Å². The van der Waals surface area contributed by atoms with Crippen LogP contribution in [0.25, 0.3) is 11.5 Å². The minimum Gasteiger partial charge on any atom is -0.444 e. The summed E-state index contributed by atoms with van der Waals surface area (Å²) in [6.07, 6.45) is 0.966. The molecule has 2 N–H and O–H groups in total. The molecule has 0 spiro atoms. The van der Waals surface area contributed by atoms with E-state index in [2.05, 4.69) is 9.40 Å². The molecule has 2 aromatic rings. The Balaban J connectivity index is 2.71. The van der Waals surface area contributed by atoms with Crippen LogP contribution in [-0.4, -0.2) is 4.98 Å². The highest BCUT2D eigenvalue weighted by Crippen LogP contribution is 2.30. The molecule has 1 aromatic carbocycles. The van der Waals surface area contributed by atoms with Gasteiger partial charge in [0.2, 0.25) is 11.7 Å². The molecule has 0 saturated carbocycles. The number of oxazole rings is 1. The highest BCUT2D eigenvalue weighted by Gasteiger charge is 2.29. The topological polar surface area (TPSA) is 52.0 Å². The smallest absolute Gasteiger partial charge is 0.232 e. The van der Waals surface area contributed by atoms with E-state index >= 15 is 0 Å². The molecule has 0 aliphatic heterocycles. The number of rotatable bonds is 2. The average Bonchev–Trinajstić information content (AvgIpc) is 2.83. The van der Waals surface area contributed by atoms with Crippen molar-refractivity contribution in [1.29, 1.82) is 0 Å². The maximum Gasteiger partial charge on any atom is 0.232 e. The van der Waals surface area contributed by atoms with Gasteiger partial charge in [-0.05, 0) is 0 Å². The lowest BCUT2D eigenvalue weighted by atomic mass is 10.1. The molecule has 0 saturated heterocycles. The summed E-state index contributed by atoms with van der Waals surface area (Å²) in [6, 6.07) is 0. The predicted octanol–water partition coefficient (Wildman–Crippen LogP) is 2.50. The molecule has 8 heteroatoms. The molecule has 1 heterocycles. The normalized spacial score (nSPS) is 11.0. The molecule has 2 rings (SSSR count). The highest BCUT2D eigenvalue weighted by atomic mass is 19.2. The van der Waals surface area contributed by atoms with Crippen molar-refractivity contribution in [2.75, 3.05) is 0 Å². The maximum absolute atomic E-state index is 13.3. The van der Waals surface area contributed by atoms with Crippen molar-refractivity contribution >= 4 is 0 Å². The van der Waals surface area contributed by atoms with Crippen LogP contribution in [0.3, 0.4) is 0 Å². The number of benzene rings is 1. The Bertz CT molecular complexity index is 582. The maximum atomic E-state index is 13.3. The van der Waals surface area contributed by atoms with Gasteiger partial charge < -0.3 is 10.2 Å². The van der Waals surface area contributed by atoms with Gasteiger partial charge in [0.15, 0.2) is 23.3 Å². The summed E-state index contributed by atoms with van der Waals surface area (Å²) in [6.45, 7) is -0.0983. The Labute approximate surface area is 97.0 Å². The lowest BCUT2D eigenvalue weighted by Gasteiger charge is -2.04. The van der Waals surface area contributed by atoms with Crippen molar-refractivity contribution in [3.8, 4) is 11.5 Å². The first-order valence-corrected chi connectivity index (χ1v) is 4.63. The first-order chi connectivity index (χ1) is 8.47. The Hall–Kier alpha value is -1.96. The first kappa shape index (κ1) is 12.5. The van der Waals surface area contributed by atoms with Gasteiger partial charge >= 0.3 is 0 Å². The third-order valence-corrected chi connectivity index (χ3v) is 2.18. The van der Waals surface area contributed by atoms with E-state index < -0.39 is 40.5 Å². The Morgan fingerprint density at radius 2 is 1.44 bits per heavy atom. The van der Waals surface area contributed by atoms with Crippen LogP contribution >= 0.6 is 0 Å². The van der Waals surface area contributed by atoms with Crippen molar-refractivity contribution in [3.05, 3.63) is 41.0 Å². The minimum atomic E-state index is -2.24. The summed E-state index contributed by atoms with van der Waals surface area (Å²) in [5.74, 6) is -11.1. The number of aromatic nitrogens is 1. The molecule has 96 valence electrons. The van der Waals surface area contributed by atoms with Crippen LogP contribution in [0.1, 0.15) is 5.69 Å². The van der Waals surface area contributed by atoms with E-state index in [0.717, 1.165) is 6.26 Å². The summed E-state index contributed by atoms with van der Waals surface area (Å²) >= 11 is 0. The molecular weight excluding hydrogens is 259 g/mol. The fourth-order valence-corrected chi connectivity index (χ4v) is 1.31. The van der Waals surface area contributed by atoms with Gasteiger partial charge in [-0.2, -0.15) is 0 Å². The zero-order valence-corrected chi connectivity index (χ0v) is 8.61. The van der Waals surface area contributed by atoms with Crippen LogP contribution in [0.2, 0.25) is 0 Å². The summed E-state index contributed by atoms with van der Waals surface area (Å²) in [7, 11) is 0. The van der Waals surface area contributed by atoms with E-state index in [0.29, 0.717) is 0 Å². The van der Waals surface area contributed by atoms with E-state index in [1.54, 1.807) is 0 Å². The van der Waals surface area contributed by atoms with E-state index in [9.17, 15) is 22.0 Å². The lowest BCUT2D eigenvalue weighted by Crippen LogP contribution is -2.04. The minimum absolute atomic E-state index is 0.0983. The summed E-state index contributed by atoms with van der Waals surface area (Å²) in [5.41, 5.74) is 4.09. The zero-order chi connectivity index (χ0) is 13.4. The molecule has 3 nitrogen and oxygen atoms in total. The number of halogens is 5. The van der Waals surface area contributed by atoms with E-state index in [4.69, 9.17) is 5.73 Å². The van der Waals surface area contributed by atoms with Gasteiger partial charge in [-0.1, -0.05) is 0 Å². The molecule has 0 unspecified atom stereocenters. The average molecular weight is 264 g/mol. The van der Waals surface area contributed by atoms with E-state index in [-0.39, 0.29) is 12.2 Å². The molecule has 0 aliphatic carbocycles. The molecule has 0 amide bonds. The van der Waals surface area contributed by atoms with Crippen molar-refractivity contribution in [2.24, 2.45) is 5.73 Å². The summed E-state index contributed by atoms with van der Waals surface area (Å²) < 4.78 is 70.0. The Kier molecular flexibility index (Phi) is 3.04. The van der Waals surface area contributed by atoms with Gasteiger partial charge in [0.25, 0.3) is 0 Å². The molecule has 18 heavy (non-hydrogen) atoms. The van der Waals surface area contributed by atoms with Crippen LogP contribution < -0.4 is 5.73 Å². The fourth-order valence-electron chi connectivity index (χ4n) is 1.31. The first-order valence-electron chi connectivity index (χ1n) is 4.63. The standard InChI is InChI=1S/C10H5F5N2O/c11-5-4(10-17-3(1-16)2-18-10)6(12)8(14)9(15)7(5)13/h2H,1,16H2. The zero-order valence-electron chi connectivity index (χ0n) is 8.61. The van der Waals surface area contributed by atoms with Crippen LogP contribution in [0, 0.1) is 29.1 Å². The summed E-state index contributed by atoms with van der Waals surface area (Å²) in [4.78, 5) is 3.51. The predicted molar refractivity (Wildman–Crippen MR) is 49.6 cm³/mol. The van der Waals surface area contributed by atoms with Gasteiger partial charge in [0.05, 0.1) is 5.69 Å². The van der Waals surface area contributed by atoms with Gasteiger partial charge in [-0.3, -0.25) is 0 Å². The monoisotopic (exact) mass is 264 g/mol. The third kappa shape index (κ3) is 1.74. The molecule has 0 bridgehead atoms. The molecular formula is C10H5F5N2O. The molecule has 0 aliphatic rings. The van der Waals surface area contributed by atoms with Gasteiger partial charge in [-0.25, -0.2) is 26.9 Å². The van der Waals surface area contributed by atoms with E-state index in [1.807, 2.05) is 0 Å². The number of hydrogen-bond donors (Lipinski definition) is 1. The summed E-state index contributed by atoms with van der Waals surface area (Å²) in [5, 5.41) is 0. The number of hydrogen-bond acceptors (Lipinski definition) is 3. The van der Waals surface area contributed by atoms with Gasteiger partial charge in [-0.15, -0.1) is 0 Å². The Morgan fingerprint density at radius 3 is 1.89 bits per heavy atom. The molecule has 0 fully saturated rings. The van der Waals surface area contributed by atoms with Gasteiger partial charge in [0, 0.05) is 6.54 Å². The van der Waals surface area contributed by atoms with E-state index in [1.165, 1.54) is 0 Å². The number of nitrogens with two attached hydrogens (primary N) is 1. The second kappa shape index (κ2) is 4.37. The van der Waals surface area contributed by atoms with Crippen molar-refractivity contribution in [3.63, 3.8) is 0 Å².